The minimum atomic E-state index is 0.391. The van der Waals surface area contributed by atoms with Gasteiger partial charge in [-0.15, -0.1) is 0 Å². The van der Waals surface area contributed by atoms with E-state index < -0.39 is 0 Å². The van der Waals surface area contributed by atoms with Crippen LogP contribution in [0.5, 0.6) is 5.75 Å². The summed E-state index contributed by atoms with van der Waals surface area (Å²) >= 11 is 0. The van der Waals surface area contributed by atoms with Crippen LogP contribution in [-0.4, -0.2) is 25.0 Å². The lowest BCUT2D eigenvalue weighted by atomic mass is 10.1. The Kier molecular flexibility index (Phi) is 4.41. The van der Waals surface area contributed by atoms with Gasteiger partial charge in [0.05, 0.1) is 5.69 Å². The van der Waals surface area contributed by atoms with Gasteiger partial charge in [-0.1, -0.05) is 18.2 Å². The van der Waals surface area contributed by atoms with Crippen molar-refractivity contribution in [2.75, 3.05) is 0 Å². The summed E-state index contributed by atoms with van der Waals surface area (Å²) in [4.78, 5) is 4.49. The maximum Gasteiger partial charge on any atom is 0.162 e. The van der Waals surface area contributed by atoms with Gasteiger partial charge in [0.25, 0.3) is 0 Å². The molecule has 6 nitrogen and oxygen atoms in total. The Labute approximate surface area is 135 Å². The number of nitrogens with zero attached hydrogens (tertiary/aromatic N) is 4. The Morgan fingerprint density at radius 3 is 2.61 bits per heavy atom. The highest BCUT2D eigenvalue weighted by Crippen LogP contribution is 2.14. The van der Waals surface area contributed by atoms with Crippen molar-refractivity contribution in [3.05, 3.63) is 58.9 Å². The molecule has 2 aromatic heterocycles. The quantitative estimate of drug-likeness (QED) is 0.759. The first-order chi connectivity index (χ1) is 11.1. The van der Waals surface area contributed by atoms with Crippen molar-refractivity contribution in [2.24, 2.45) is 7.05 Å². The fourth-order valence-corrected chi connectivity index (χ4v) is 2.60. The predicted molar refractivity (Wildman–Crippen MR) is 87.2 cm³/mol. The molecule has 1 aromatic carbocycles. The second kappa shape index (κ2) is 6.64. The highest BCUT2D eigenvalue weighted by molar-refractivity contribution is 5.25. The van der Waals surface area contributed by atoms with Crippen molar-refractivity contribution in [3.63, 3.8) is 0 Å². The topological polar surface area (TPSA) is 68.6 Å². The minimum Gasteiger partial charge on any atom is -0.486 e. The third-order valence-corrected chi connectivity index (χ3v) is 3.95. The fourth-order valence-electron chi connectivity index (χ4n) is 2.60. The molecule has 3 rings (SSSR count). The number of hydrogen-bond acceptors (Lipinski definition) is 4. The zero-order valence-corrected chi connectivity index (χ0v) is 13.7. The van der Waals surface area contributed by atoms with Crippen molar-refractivity contribution in [1.29, 1.82) is 0 Å². The van der Waals surface area contributed by atoms with Gasteiger partial charge in [-0.05, 0) is 38.0 Å². The zero-order chi connectivity index (χ0) is 16.2. The van der Waals surface area contributed by atoms with E-state index >= 15 is 0 Å². The molecule has 0 aliphatic carbocycles. The van der Waals surface area contributed by atoms with Crippen molar-refractivity contribution >= 4 is 0 Å². The molecule has 0 atom stereocenters. The molecule has 23 heavy (non-hydrogen) atoms. The summed E-state index contributed by atoms with van der Waals surface area (Å²) in [6.07, 6.45) is 1.68. The van der Waals surface area contributed by atoms with Crippen LogP contribution in [0.4, 0.5) is 0 Å². The zero-order valence-electron chi connectivity index (χ0n) is 13.7. The first-order valence-electron chi connectivity index (χ1n) is 7.70. The van der Waals surface area contributed by atoms with E-state index in [2.05, 4.69) is 27.2 Å². The normalized spacial score (nSPS) is 10.9. The molecule has 0 radical (unpaired) electrons. The Bertz CT molecular complexity index is 776. The van der Waals surface area contributed by atoms with Gasteiger partial charge in [0.2, 0.25) is 0 Å². The van der Waals surface area contributed by atoms with Crippen molar-refractivity contribution in [1.82, 2.24) is 25.0 Å². The Morgan fingerprint density at radius 2 is 1.91 bits per heavy atom. The number of aromatic amines is 1. The highest BCUT2D eigenvalue weighted by atomic mass is 16.5. The lowest BCUT2D eigenvalue weighted by molar-refractivity contribution is 0.296. The van der Waals surface area contributed by atoms with Gasteiger partial charge >= 0.3 is 0 Å². The summed E-state index contributed by atoms with van der Waals surface area (Å²) in [6.45, 7) is 4.52. The molecule has 3 aromatic rings. The number of aryl methyl sites for hydroxylation is 3. The molecular weight excluding hydrogens is 290 g/mol. The van der Waals surface area contributed by atoms with Gasteiger partial charge in [0.1, 0.15) is 12.4 Å². The van der Waals surface area contributed by atoms with Crippen LogP contribution in [0.2, 0.25) is 0 Å². The SMILES string of the molecule is Cc1nn(C)c(C)c1CCc1n[nH]c(COc2ccccc2)n1. The molecule has 0 spiro atoms. The predicted octanol–water partition coefficient (Wildman–Crippen LogP) is 2.52. The maximum absolute atomic E-state index is 5.66. The number of ether oxygens (including phenoxy) is 1. The number of H-pyrrole nitrogens is 1. The van der Waals surface area contributed by atoms with Crippen LogP contribution in [-0.2, 0) is 26.5 Å². The summed E-state index contributed by atoms with van der Waals surface area (Å²) in [6, 6.07) is 9.69. The van der Waals surface area contributed by atoms with E-state index in [1.54, 1.807) is 0 Å². The molecule has 0 amide bonds. The summed E-state index contributed by atoms with van der Waals surface area (Å²) < 4.78 is 7.58. The third-order valence-electron chi connectivity index (χ3n) is 3.95. The molecular formula is C17H21N5O. The number of aromatic nitrogens is 5. The molecule has 0 saturated heterocycles. The lowest BCUT2D eigenvalue weighted by Crippen LogP contribution is -1.99. The molecule has 0 unspecified atom stereocenters. The minimum absolute atomic E-state index is 0.391. The lowest BCUT2D eigenvalue weighted by Gasteiger charge is -2.02. The maximum atomic E-state index is 5.66. The van der Waals surface area contributed by atoms with E-state index in [1.165, 1.54) is 11.3 Å². The van der Waals surface area contributed by atoms with Gasteiger partial charge in [-0.3, -0.25) is 9.78 Å². The molecule has 2 heterocycles. The van der Waals surface area contributed by atoms with Crippen LogP contribution < -0.4 is 4.74 Å². The van der Waals surface area contributed by atoms with Crippen LogP contribution in [0.3, 0.4) is 0 Å². The molecule has 120 valence electrons. The fraction of sp³-hybridized carbons (Fsp3) is 0.353. The first-order valence-corrected chi connectivity index (χ1v) is 7.70. The van der Waals surface area contributed by atoms with Crippen molar-refractivity contribution in [2.45, 2.75) is 33.3 Å². The average Bonchev–Trinajstić information content (AvgIpc) is 3.10. The third kappa shape index (κ3) is 3.59. The molecule has 0 saturated carbocycles. The van der Waals surface area contributed by atoms with E-state index in [0.717, 1.165) is 35.9 Å². The smallest absolute Gasteiger partial charge is 0.162 e. The van der Waals surface area contributed by atoms with E-state index in [0.29, 0.717) is 6.61 Å². The van der Waals surface area contributed by atoms with Gasteiger partial charge in [-0.2, -0.15) is 10.2 Å². The summed E-state index contributed by atoms with van der Waals surface area (Å²) in [5.41, 5.74) is 3.55. The van der Waals surface area contributed by atoms with Gasteiger partial charge in [0.15, 0.2) is 11.6 Å². The number of rotatable bonds is 6. The second-order valence-electron chi connectivity index (χ2n) is 5.57. The molecule has 1 N–H and O–H groups in total. The van der Waals surface area contributed by atoms with Gasteiger partial charge < -0.3 is 4.74 Å². The highest BCUT2D eigenvalue weighted by Gasteiger charge is 2.11. The monoisotopic (exact) mass is 311 g/mol. The summed E-state index contributed by atoms with van der Waals surface area (Å²) in [5.74, 6) is 2.37. The van der Waals surface area contributed by atoms with Gasteiger partial charge in [0, 0.05) is 19.2 Å². The van der Waals surface area contributed by atoms with E-state index in [-0.39, 0.29) is 0 Å². The van der Waals surface area contributed by atoms with Crippen molar-refractivity contribution < 1.29 is 4.74 Å². The van der Waals surface area contributed by atoms with E-state index in [9.17, 15) is 0 Å². The number of para-hydroxylation sites is 1. The van der Waals surface area contributed by atoms with E-state index in [4.69, 9.17) is 4.74 Å². The molecule has 0 bridgehead atoms. The molecule has 0 aliphatic heterocycles. The first kappa shape index (κ1) is 15.3. The van der Waals surface area contributed by atoms with Crippen LogP contribution in [0.25, 0.3) is 0 Å². The van der Waals surface area contributed by atoms with Crippen LogP contribution >= 0.6 is 0 Å². The van der Waals surface area contributed by atoms with Gasteiger partial charge in [-0.25, -0.2) is 4.98 Å². The molecule has 6 heteroatoms. The second-order valence-corrected chi connectivity index (χ2v) is 5.57. The summed E-state index contributed by atoms with van der Waals surface area (Å²) in [5, 5.41) is 11.6. The molecule has 0 aliphatic rings. The van der Waals surface area contributed by atoms with E-state index in [1.807, 2.05) is 49.0 Å². The average molecular weight is 311 g/mol. The number of nitrogens with one attached hydrogen (secondary N) is 1. The standard InChI is InChI=1S/C17H21N5O/c1-12-15(13(2)22(3)21-12)9-10-16-18-17(20-19-16)11-23-14-7-5-4-6-8-14/h4-8H,9-11H2,1-3H3,(H,18,19,20). The summed E-state index contributed by atoms with van der Waals surface area (Å²) in [7, 11) is 1.97. The van der Waals surface area contributed by atoms with Crippen LogP contribution in [0.1, 0.15) is 28.6 Å². The number of benzene rings is 1. The van der Waals surface area contributed by atoms with Crippen LogP contribution in [0, 0.1) is 13.8 Å². The Morgan fingerprint density at radius 1 is 1.13 bits per heavy atom. The van der Waals surface area contributed by atoms with Crippen molar-refractivity contribution in [3.8, 4) is 5.75 Å². The number of hydrogen-bond donors (Lipinski definition) is 1. The Hall–Kier alpha value is -2.63. The Balaban J connectivity index is 1.57. The molecule has 0 fully saturated rings. The van der Waals surface area contributed by atoms with Crippen LogP contribution in [0.15, 0.2) is 30.3 Å². The largest absolute Gasteiger partial charge is 0.486 e.